The van der Waals surface area contributed by atoms with Gasteiger partial charge >= 0.3 is 0 Å². The molecule has 2 aliphatic heterocycles. The molecule has 7 heteroatoms. The molecule has 0 aromatic heterocycles. The Bertz CT molecular complexity index is 963. The number of nitrogens with one attached hydrogen (secondary N) is 1. The predicted octanol–water partition coefficient (Wildman–Crippen LogP) is 2.26. The summed E-state index contributed by atoms with van der Waals surface area (Å²) in [5.74, 6) is 0.851. The smallest absolute Gasteiger partial charge is 0.272 e. The van der Waals surface area contributed by atoms with E-state index in [9.17, 15) is 9.59 Å². The van der Waals surface area contributed by atoms with Gasteiger partial charge < -0.3 is 19.7 Å². The summed E-state index contributed by atoms with van der Waals surface area (Å²) in [7, 11) is 3.10. The Morgan fingerprint density at radius 3 is 2.45 bits per heavy atom. The summed E-state index contributed by atoms with van der Waals surface area (Å²) >= 11 is 0. The van der Waals surface area contributed by atoms with Gasteiger partial charge in [0.1, 0.15) is 22.9 Å². The van der Waals surface area contributed by atoms with E-state index in [-0.39, 0.29) is 11.8 Å². The Balaban J connectivity index is 1.49. The summed E-state index contributed by atoms with van der Waals surface area (Å²) in [6.45, 7) is 1.000. The van der Waals surface area contributed by atoms with Gasteiger partial charge in [-0.05, 0) is 12.1 Å². The van der Waals surface area contributed by atoms with Crippen LogP contribution in [-0.2, 0) is 4.79 Å². The number of ether oxygens (including phenoxy) is 2. The van der Waals surface area contributed by atoms with Crippen LogP contribution in [0.4, 0.5) is 0 Å². The van der Waals surface area contributed by atoms with Gasteiger partial charge in [0, 0.05) is 37.6 Å². The van der Waals surface area contributed by atoms with Crippen molar-refractivity contribution < 1.29 is 19.1 Å². The standard InChI is InChI=1S/C22H23N3O4/c1-28-16-8-9-17(18(14-16)29-2)21(27)25-12-10-22(11-13-25)23-19(20(26)24-22)15-6-4-3-5-7-15/h3-9,14H,10-13H2,1-2H3,(H,24,26). The van der Waals surface area contributed by atoms with Crippen molar-refractivity contribution in [3.05, 3.63) is 59.7 Å². The van der Waals surface area contributed by atoms with E-state index in [4.69, 9.17) is 14.5 Å². The van der Waals surface area contributed by atoms with Crippen LogP contribution < -0.4 is 14.8 Å². The van der Waals surface area contributed by atoms with Gasteiger partial charge in [0.25, 0.3) is 11.8 Å². The summed E-state index contributed by atoms with van der Waals surface area (Å²) in [6.07, 6.45) is 1.14. The molecule has 29 heavy (non-hydrogen) atoms. The molecule has 0 aliphatic carbocycles. The number of aliphatic imine (C=N–C) groups is 1. The number of hydrogen-bond donors (Lipinski definition) is 1. The minimum absolute atomic E-state index is 0.101. The number of piperidine rings is 1. The highest BCUT2D eigenvalue weighted by Gasteiger charge is 2.43. The van der Waals surface area contributed by atoms with E-state index < -0.39 is 5.66 Å². The van der Waals surface area contributed by atoms with Crippen LogP contribution in [0.3, 0.4) is 0 Å². The second-order valence-electron chi connectivity index (χ2n) is 7.17. The first-order chi connectivity index (χ1) is 14.0. The van der Waals surface area contributed by atoms with Crippen LogP contribution in [0, 0.1) is 0 Å². The molecule has 7 nitrogen and oxygen atoms in total. The minimum atomic E-state index is -0.636. The first-order valence-corrected chi connectivity index (χ1v) is 9.54. The highest BCUT2D eigenvalue weighted by Crippen LogP contribution is 2.31. The molecule has 0 unspecified atom stereocenters. The monoisotopic (exact) mass is 393 g/mol. The molecular weight excluding hydrogens is 370 g/mol. The highest BCUT2D eigenvalue weighted by molar-refractivity contribution is 6.46. The molecule has 1 spiro atoms. The second-order valence-corrected chi connectivity index (χ2v) is 7.17. The van der Waals surface area contributed by atoms with E-state index in [0.717, 1.165) is 5.56 Å². The number of carbonyl (C=O) groups is 2. The van der Waals surface area contributed by atoms with E-state index in [0.29, 0.717) is 48.7 Å². The van der Waals surface area contributed by atoms with Gasteiger partial charge in [0.05, 0.1) is 19.8 Å². The van der Waals surface area contributed by atoms with Crippen molar-refractivity contribution in [2.45, 2.75) is 18.5 Å². The minimum Gasteiger partial charge on any atom is -0.497 e. The molecule has 2 heterocycles. The largest absolute Gasteiger partial charge is 0.497 e. The molecule has 1 N–H and O–H groups in total. The Morgan fingerprint density at radius 2 is 1.79 bits per heavy atom. The van der Waals surface area contributed by atoms with Gasteiger partial charge in [-0.1, -0.05) is 30.3 Å². The number of rotatable bonds is 4. The van der Waals surface area contributed by atoms with Gasteiger partial charge in [-0.2, -0.15) is 0 Å². The lowest BCUT2D eigenvalue weighted by atomic mass is 9.97. The van der Waals surface area contributed by atoms with Gasteiger partial charge in [-0.15, -0.1) is 0 Å². The molecule has 2 aromatic rings. The molecular formula is C22H23N3O4. The van der Waals surface area contributed by atoms with Crippen molar-refractivity contribution in [3.63, 3.8) is 0 Å². The summed E-state index contributed by atoms with van der Waals surface area (Å²) < 4.78 is 10.6. The Labute approximate surface area is 169 Å². The number of carbonyl (C=O) groups excluding carboxylic acids is 2. The van der Waals surface area contributed by atoms with Gasteiger partial charge in [0.15, 0.2) is 0 Å². The molecule has 150 valence electrons. The van der Waals surface area contributed by atoms with Crippen molar-refractivity contribution in [1.29, 1.82) is 0 Å². The molecule has 2 aromatic carbocycles. The lowest BCUT2D eigenvalue weighted by Gasteiger charge is -2.37. The first kappa shape index (κ1) is 19.0. The maximum Gasteiger partial charge on any atom is 0.272 e. The Morgan fingerprint density at radius 1 is 1.07 bits per heavy atom. The molecule has 0 radical (unpaired) electrons. The van der Waals surface area contributed by atoms with Crippen molar-refractivity contribution >= 4 is 17.5 Å². The number of hydrogen-bond acceptors (Lipinski definition) is 5. The molecule has 1 fully saturated rings. The topological polar surface area (TPSA) is 80.2 Å². The number of nitrogens with zero attached hydrogens (tertiary/aromatic N) is 2. The summed E-state index contributed by atoms with van der Waals surface area (Å²) in [5, 5.41) is 3.03. The van der Waals surface area contributed by atoms with Crippen molar-refractivity contribution in [2.75, 3.05) is 27.3 Å². The van der Waals surface area contributed by atoms with Crippen molar-refractivity contribution in [2.24, 2.45) is 4.99 Å². The number of likely N-dealkylation sites (tertiary alicyclic amines) is 1. The fourth-order valence-corrected chi connectivity index (χ4v) is 3.82. The Hall–Kier alpha value is -3.35. The van der Waals surface area contributed by atoms with Crippen LogP contribution in [0.2, 0.25) is 0 Å². The molecule has 0 bridgehead atoms. The third-order valence-corrected chi connectivity index (χ3v) is 5.45. The summed E-state index contributed by atoms with van der Waals surface area (Å²) in [5.41, 5.74) is 1.13. The van der Waals surface area contributed by atoms with Crippen LogP contribution in [0.25, 0.3) is 0 Å². The number of benzene rings is 2. The molecule has 2 aliphatic rings. The number of amides is 2. The maximum absolute atomic E-state index is 13.0. The van der Waals surface area contributed by atoms with E-state index in [1.807, 2.05) is 30.3 Å². The zero-order chi connectivity index (χ0) is 20.4. The van der Waals surface area contributed by atoms with Crippen LogP contribution in [0.15, 0.2) is 53.5 Å². The Kier molecular flexibility index (Phi) is 4.96. The number of methoxy groups -OCH3 is 2. The second kappa shape index (κ2) is 7.58. The lowest BCUT2D eigenvalue weighted by molar-refractivity contribution is -0.115. The fraction of sp³-hybridized carbons (Fsp3) is 0.318. The van der Waals surface area contributed by atoms with E-state index in [2.05, 4.69) is 5.32 Å². The van der Waals surface area contributed by atoms with Gasteiger partial charge in [0.2, 0.25) is 0 Å². The van der Waals surface area contributed by atoms with E-state index in [1.165, 1.54) is 7.11 Å². The van der Waals surface area contributed by atoms with Crippen LogP contribution in [-0.4, -0.2) is 55.4 Å². The average molecular weight is 393 g/mol. The van der Waals surface area contributed by atoms with Crippen LogP contribution in [0.5, 0.6) is 11.5 Å². The average Bonchev–Trinajstić information content (AvgIpc) is 3.09. The third kappa shape index (κ3) is 3.55. The van der Waals surface area contributed by atoms with Crippen molar-refractivity contribution in [3.8, 4) is 11.5 Å². The summed E-state index contributed by atoms with van der Waals surface area (Å²) in [6, 6.07) is 14.6. The molecule has 4 rings (SSSR count). The lowest BCUT2D eigenvalue weighted by Crippen LogP contribution is -2.52. The maximum atomic E-state index is 13.0. The molecule has 0 atom stereocenters. The normalized spacial score (nSPS) is 17.7. The zero-order valence-electron chi connectivity index (χ0n) is 16.5. The van der Waals surface area contributed by atoms with Gasteiger partial charge in [-0.3, -0.25) is 14.6 Å². The SMILES string of the molecule is COc1ccc(C(=O)N2CCC3(CC2)N=C(c2ccccc2)C(=O)N3)c(OC)c1. The van der Waals surface area contributed by atoms with Crippen LogP contribution in [0.1, 0.15) is 28.8 Å². The first-order valence-electron chi connectivity index (χ1n) is 9.54. The van der Waals surface area contributed by atoms with Crippen molar-refractivity contribution in [1.82, 2.24) is 10.2 Å². The zero-order valence-corrected chi connectivity index (χ0v) is 16.5. The highest BCUT2D eigenvalue weighted by atomic mass is 16.5. The molecule has 1 saturated heterocycles. The van der Waals surface area contributed by atoms with Gasteiger partial charge in [-0.25, -0.2) is 0 Å². The summed E-state index contributed by atoms with van der Waals surface area (Å²) in [4.78, 5) is 32.0. The fourth-order valence-electron chi connectivity index (χ4n) is 3.82. The third-order valence-electron chi connectivity index (χ3n) is 5.45. The predicted molar refractivity (Wildman–Crippen MR) is 109 cm³/mol. The van der Waals surface area contributed by atoms with E-state index >= 15 is 0 Å². The molecule has 2 amide bonds. The van der Waals surface area contributed by atoms with Crippen LogP contribution >= 0.6 is 0 Å². The quantitative estimate of drug-likeness (QED) is 0.864. The molecule has 0 saturated carbocycles. The van der Waals surface area contributed by atoms with E-state index in [1.54, 1.807) is 30.2 Å².